The molecule has 0 aliphatic heterocycles. The lowest BCUT2D eigenvalue weighted by Gasteiger charge is -2.23. The van der Waals surface area contributed by atoms with E-state index in [9.17, 15) is 23.8 Å². The number of allylic oxidation sites excluding steroid dienone is 4. The summed E-state index contributed by atoms with van der Waals surface area (Å²) in [5.41, 5.74) is 2.48. The van der Waals surface area contributed by atoms with Crippen molar-refractivity contribution < 1.29 is 28.5 Å². The number of rotatable bonds is 11. The first-order valence-corrected chi connectivity index (χ1v) is 11.2. The van der Waals surface area contributed by atoms with Gasteiger partial charge in [-0.25, -0.2) is 0 Å². The van der Waals surface area contributed by atoms with Crippen molar-refractivity contribution in [3.05, 3.63) is 23.3 Å². The minimum atomic E-state index is -4.64. The molecular weight excluding hydrogens is 338 g/mol. The van der Waals surface area contributed by atoms with E-state index in [1.807, 2.05) is 13.0 Å². The molecule has 3 N–H and O–H groups in total. The number of hydrogen-bond acceptors (Lipinski definition) is 3. The van der Waals surface area contributed by atoms with Crippen LogP contribution in [0, 0.1) is 0 Å². The maximum Gasteiger partial charge on any atom is 0.338 e. The van der Waals surface area contributed by atoms with E-state index in [0.29, 0.717) is 12.8 Å². The maximum absolute atomic E-state index is 12.0. The van der Waals surface area contributed by atoms with Crippen molar-refractivity contribution in [2.45, 2.75) is 58.3 Å². The lowest BCUT2D eigenvalue weighted by Crippen LogP contribution is -2.12. The number of unbranched alkanes of at least 4 members (excludes halogenated alkanes) is 1. The van der Waals surface area contributed by atoms with Crippen LogP contribution in [0.15, 0.2) is 23.3 Å². The first-order chi connectivity index (χ1) is 10.5. The van der Waals surface area contributed by atoms with Gasteiger partial charge < -0.3 is 19.4 Å². The summed E-state index contributed by atoms with van der Waals surface area (Å²) in [6.07, 6.45) is 6.63. The van der Waals surface area contributed by atoms with Crippen molar-refractivity contribution >= 4 is 15.0 Å². The van der Waals surface area contributed by atoms with Gasteiger partial charge in [-0.15, -0.1) is 0 Å². The largest absolute Gasteiger partial charge is 0.375 e. The van der Waals surface area contributed by atoms with Gasteiger partial charge in [0.15, 0.2) is 0 Å². The van der Waals surface area contributed by atoms with Gasteiger partial charge in [0.2, 0.25) is 7.37 Å². The van der Waals surface area contributed by atoms with E-state index in [1.165, 1.54) is 18.3 Å². The fourth-order valence-electron chi connectivity index (χ4n) is 2.22. The van der Waals surface area contributed by atoms with Crippen molar-refractivity contribution in [1.29, 1.82) is 0 Å². The molecule has 0 rings (SSSR count). The van der Waals surface area contributed by atoms with Crippen LogP contribution in [0.4, 0.5) is 0 Å². The minimum absolute atomic E-state index is 0.000827. The molecule has 0 saturated heterocycles. The molecule has 0 aromatic rings. The standard InChI is InChI=1S/C15H30O6P2/c1-13(2)8-7-10-14(3)9-5-6-11-15(23(18,19)20)22(16,17)12-21-4/h8-9,15H,5-7,10-12H2,1-4H3,(H,16,17)(H2,18,19,20). The highest BCUT2D eigenvalue weighted by molar-refractivity contribution is 7.73. The van der Waals surface area contributed by atoms with Gasteiger partial charge in [-0.1, -0.05) is 23.3 Å². The third-order valence-electron chi connectivity index (χ3n) is 3.42. The van der Waals surface area contributed by atoms with E-state index in [2.05, 4.69) is 24.7 Å². The average Bonchev–Trinajstić information content (AvgIpc) is 2.35. The predicted octanol–water partition coefficient (Wildman–Crippen LogP) is 4.23. The van der Waals surface area contributed by atoms with Crippen LogP contribution in [0.3, 0.4) is 0 Å². The summed E-state index contributed by atoms with van der Waals surface area (Å²) >= 11 is 0. The van der Waals surface area contributed by atoms with E-state index in [1.54, 1.807) is 0 Å². The molecule has 136 valence electrons. The number of ether oxygens (including phenoxy) is 1. The predicted molar refractivity (Wildman–Crippen MR) is 93.8 cm³/mol. The van der Waals surface area contributed by atoms with Crippen molar-refractivity contribution in [2.75, 3.05) is 13.5 Å². The van der Waals surface area contributed by atoms with Gasteiger partial charge in [0.25, 0.3) is 0 Å². The third-order valence-corrected chi connectivity index (χ3v) is 8.26. The van der Waals surface area contributed by atoms with Crippen LogP contribution in [-0.2, 0) is 13.9 Å². The molecule has 0 bridgehead atoms. The average molecular weight is 368 g/mol. The van der Waals surface area contributed by atoms with Crippen LogP contribution >= 0.6 is 15.0 Å². The molecule has 6 nitrogen and oxygen atoms in total. The Hall–Kier alpha value is -0.220. The summed E-state index contributed by atoms with van der Waals surface area (Å²) in [6, 6.07) is 0. The fourth-order valence-corrected chi connectivity index (χ4v) is 5.94. The number of methoxy groups -OCH3 is 1. The molecule has 0 radical (unpaired) electrons. The molecule has 0 spiro atoms. The molecule has 0 aliphatic rings. The van der Waals surface area contributed by atoms with Crippen molar-refractivity contribution in [1.82, 2.24) is 0 Å². The highest BCUT2D eigenvalue weighted by Crippen LogP contribution is 2.63. The Morgan fingerprint density at radius 3 is 2.17 bits per heavy atom. The molecule has 0 aromatic heterocycles. The normalized spacial score (nSPS) is 16.7. The molecule has 8 heteroatoms. The highest BCUT2D eigenvalue weighted by atomic mass is 31.2. The second kappa shape index (κ2) is 10.6. The van der Waals surface area contributed by atoms with E-state index in [4.69, 9.17) is 0 Å². The Balaban J connectivity index is 4.52. The zero-order chi connectivity index (χ0) is 18.1. The second-order valence-electron chi connectivity index (χ2n) is 6.04. The quantitative estimate of drug-likeness (QED) is 0.286. The molecule has 0 heterocycles. The van der Waals surface area contributed by atoms with Crippen LogP contribution < -0.4 is 0 Å². The van der Waals surface area contributed by atoms with Crippen LogP contribution in [0.1, 0.15) is 52.9 Å². The van der Waals surface area contributed by atoms with E-state index in [0.717, 1.165) is 12.8 Å². The van der Waals surface area contributed by atoms with E-state index >= 15 is 0 Å². The molecule has 0 saturated carbocycles. The molecule has 2 atom stereocenters. The molecule has 0 aromatic carbocycles. The van der Waals surface area contributed by atoms with Gasteiger partial charge in [0.05, 0.1) is 0 Å². The van der Waals surface area contributed by atoms with Gasteiger partial charge in [-0.2, -0.15) is 0 Å². The summed E-state index contributed by atoms with van der Waals surface area (Å²) in [5, 5.41) is -1.55. The van der Waals surface area contributed by atoms with Crippen LogP contribution in [0.25, 0.3) is 0 Å². The first kappa shape index (κ1) is 22.8. The number of hydrogen-bond donors (Lipinski definition) is 3. The topological polar surface area (TPSA) is 104 Å². The van der Waals surface area contributed by atoms with Crippen molar-refractivity contribution in [3.63, 3.8) is 0 Å². The van der Waals surface area contributed by atoms with Crippen LogP contribution in [-0.4, -0.2) is 33.5 Å². The summed E-state index contributed by atoms with van der Waals surface area (Å²) in [4.78, 5) is 28.4. The van der Waals surface area contributed by atoms with Gasteiger partial charge in [-0.3, -0.25) is 9.13 Å². The van der Waals surface area contributed by atoms with Crippen LogP contribution in [0.5, 0.6) is 0 Å². The first-order valence-electron chi connectivity index (χ1n) is 7.65. The maximum atomic E-state index is 12.0. The Morgan fingerprint density at radius 2 is 1.70 bits per heavy atom. The van der Waals surface area contributed by atoms with Crippen molar-refractivity contribution in [3.8, 4) is 0 Å². The molecule has 0 amide bonds. The van der Waals surface area contributed by atoms with Gasteiger partial charge in [0, 0.05) is 7.11 Å². The van der Waals surface area contributed by atoms with E-state index < -0.39 is 26.7 Å². The molecular formula is C15H30O6P2. The van der Waals surface area contributed by atoms with Crippen molar-refractivity contribution in [2.24, 2.45) is 0 Å². The van der Waals surface area contributed by atoms with Gasteiger partial charge >= 0.3 is 7.60 Å². The molecule has 23 heavy (non-hydrogen) atoms. The molecule has 0 fully saturated rings. The molecule has 2 unspecified atom stereocenters. The lowest BCUT2D eigenvalue weighted by molar-refractivity contribution is 0.235. The zero-order valence-electron chi connectivity index (χ0n) is 14.4. The van der Waals surface area contributed by atoms with Gasteiger partial charge in [-0.05, 0) is 52.9 Å². The minimum Gasteiger partial charge on any atom is -0.375 e. The van der Waals surface area contributed by atoms with Crippen LogP contribution in [0.2, 0.25) is 0 Å². The van der Waals surface area contributed by atoms with E-state index in [-0.39, 0.29) is 6.42 Å². The summed E-state index contributed by atoms with van der Waals surface area (Å²) in [7, 11) is -7.44. The molecule has 0 aliphatic carbocycles. The second-order valence-corrected chi connectivity index (χ2v) is 10.6. The highest BCUT2D eigenvalue weighted by Gasteiger charge is 2.43. The Bertz CT molecular complexity index is 502. The Kier molecular flexibility index (Phi) is 10.5. The zero-order valence-corrected chi connectivity index (χ0v) is 16.2. The lowest BCUT2D eigenvalue weighted by atomic mass is 10.1. The summed E-state index contributed by atoms with van der Waals surface area (Å²) in [6.45, 7) is 6.12. The third kappa shape index (κ3) is 10.3. The Labute approximate surface area is 139 Å². The summed E-state index contributed by atoms with van der Waals surface area (Å²) in [5.74, 6) is 0. The Morgan fingerprint density at radius 1 is 1.09 bits per heavy atom. The SMILES string of the molecule is COCP(=O)(O)C(CCCC=C(C)CCC=C(C)C)P(=O)(O)O. The fraction of sp³-hybridized carbons (Fsp3) is 0.733. The van der Waals surface area contributed by atoms with Gasteiger partial charge in [0.1, 0.15) is 11.7 Å². The smallest absolute Gasteiger partial charge is 0.338 e. The summed E-state index contributed by atoms with van der Waals surface area (Å²) < 4.78 is 28.1. The monoisotopic (exact) mass is 368 g/mol.